The molecule has 2 heterocycles. The number of imidazole rings is 1. The molecule has 1 N–H and O–H groups in total. The second-order valence-electron chi connectivity index (χ2n) is 7.99. The van der Waals surface area contributed by atoms with Gasteiger partial charge in [-0.3, -0.25) is 19.1 Å². The Morgan fingerprint density at radius 1 is 1.00 bits per heavy atom. The predicted molar refractivity (Wildman–Crippen MR) is 128 cm³/mol. The van der Waals surface area contributed by atoms with Gasteiger partial charge in [0.15, 0.2) is 0 Å². The van der Waals surface area contributed by atoms with E-state index in [1.54, 1.807) is 12.0 Å². The van der Waals surface area contributed by atoms with Crippen LogP contribution in [0.15, 0.2) is 78.9 Å². The van der Waals surface area contributed by atoms with Gasteiger partial charge in [-0.2, -0.15) is 0 Å². The number of benzene rings is 3. The number of anilines is 2. The molecule has 166 valence electrons. The van der Waals surface area contributed by atoms with Crippen LogP contribution in [-0.4, -0.2) is 35.0 Å². The summed E-state index contributed by atoms with van der Waals surface area (Å²) in [6.07, 6.45) is 0.710. The first kappa shape index (κ1) is 20.8. The fourth-order valence-corrected chi connectivity index (χ4v) is 4.25. The topological polar surface area (TPSA) is 76.5 Å². The molecule has 0 unspecified atom stereocenters. The van der Waals surface area contributed by atoms with Crippen molar-refractivity contribution in [3.63, 3.8) is 0 Å². The van der Waals surface area contributed by atoms with Crippen LogP contribution in [0.4, 0.5) is 11.6 Å². The van der Waals surface area contributed by atoms with Crippen LogP contribution >= 0.6 is 0 Å². The van der Waals surface area contributed by atoms with Gasteiger partial charge < -0.3 is 10.1 Å². The maximum atomic E-state index is 13.4. The molecule has 1 atom stereocenters. The minimum atomic E-state index is -0.632. The first-order chi connectivity index (χ1) is 16.1. The number of nitrogens with one attached hydrogen (secondary N) is 1. The van der Waals surface area contributed by atoms with Gasteiger partial charge in [0.1, 0.15) is 11.8 Å². The first-order valence-electron chi connectivity index (χ1n) is 10.9. The number of amides is 2. The molecule has 1 aliphatic rings. The van der Waals surface area contributed by atoms with E-state index in [4.69, 9.17) is 9.72 Å². The molecule has 33 heavy (non-hydrogen) atoms. The molecule has 7 nitrogen and oxygen atoms in total. The molecule has 1 aromatic heterocycles. The van der Waals surface area contributed by atoms with Gasteiger partial charge >= 0.3 is 0 Å². The summed E-state index contributed by atoms with van der Waals surface area (Å²) in [7, 11) is 1.64. The van der Waals surface area contributed by atoms with E-state index in [-0.39, 0.29) is 18.2 Å². The highest BCUT2D eigenvalue weighted by molar-refractivity contribution is 6.05. The standard InChI is InChI=1S/C26H24N4O3/c1-33-20-13-11-18(12-14-20)15-16-29-25(32)23(17-24(31)27-19-7-3-2-4-8-19)30-22-10-6-5-9-21(22)28-26(29)30/h2-14,23H,15-17H2,1H3,(H,27,31)/t23-/m0/s1. The van der Waals surface area contributed by atoms with Crippen LogP contribution in [0.3, 0.4) is 0 Å². The van der Waals surface area contributed by atoms with Gasteiger partial charge in [-0.05, 0) is 48.4 Å². The molecule has 7 heteroatoms. The van der Waals surface area contributed by atoms with E-state index in [1.165, 1.54) is 0 Å². The Bertz CT molecular complexity index is 1300. The fraction of sp³-hybridized carbons (Fsp3) is 0.192. The number of rotatable bonds is 7. The molecular weight excluding hydrogens is 416 g/mol. The molecule has 0 aliphatic carbocycles. The number of carbonyl (C=O) groups is 2. The molecule has 1 aliphatic heterocycles. The summed E-state index contributed by atoms with van der Waals surface area (Å²) in [6.45, 7) is 0.477. The zero-order chi connectivity index (χ0) is 22.8. The molecule has 3 aromatic carbocycles. The summed E-state index contributed by atoms with van der Waals surface area (Å²) in [6, 6.07) is 24.1. The molecule has 0 saturated carbocycles. The second-order valence-corrected chi connectivity index (χ2v) is 7.99. The summed E-state index contributed by atoms with van der Waals surface area (Å²) in [4.78, 5) is 32.7. The number of carbonyl (C=O) groups excluding carboxylic acids is 2. The predicted octanol–water partition coefficient (Wildman–Crippen LogP) is 4.20. The van der Waals surface area contributed by atoms with Crippen molar-refractivity contribution in [2.45, 2.75) is 18.9 Å². The molecule has 5 rings (SSSR count). The smallest absolute Gasteiger partial charge is 0.253 e. The number of fused-ring (bicyclic) bond motifs is 3. The van der Waals surface area contributed by atoms with Crippen molar-refractivity contribution in [3.8, 4) is 5.75 Å². The number of ether oxygens (including phenoxy) is 1. The van der Waals surface area contributed by atoms with E-state index >= 15 is 0 Å². The van der Waals surface area contributed by atoms with Crippen LogP contribution in [0.25, 0.3) is 11.0 Å². The quantitative estimate of drug-likeness (QED) is 0.467. The third-order valence-corrected chi connectivity index (χ3v) is 5.90. The van der Waals surface area contributed by atoms with E-state index in [0.717, 1.165) is 22.3 Å². The Balaban J connectivity index is 1.40. The lowest BCUT2D eigenvalue weighted by molar-refractivity contribution is -0.124. The van der Waals surface area contributed by atoms with Crippen molar-refractivity contribution in [2.24, 2.45) is 0 Å². The van der Waals surface area contributed by atoms with Crippen molar-refractivity contribution in [3.05, 3.63) is 84.4 Å². The molecule has 0 spiro atoms. The summed E-state index contributed by atoms with van der Waals surface area (Å²) in [5, 5.41) is 2.89. The van der Waals surface area contributed by atoms with E-state index < -0.39 is 6.04 Å². The number of hydrogen-bond acceptors (Lipinski definition) is 4. The minimum absolute atomic E-state index is 0.0418. The Hall–Kier alpha value is -4.13. The second kappa shape index (κ2) is 8.78. The fourth-order valence-electron chi connectivity index (χ4n) is 4.25. The highest BCUT2D eigenvalue weighted by Crippen LogP contribution is 2.36. The summed E-state index contributed by atoms with van der Waals surface area (Å²) in [5.74, 6) is 1.06. The molecular formula is C26H24N4O3. The number of nitrogens with zero attached hydrogens (tertiary/aromatic N) is 3. The van der Waals surface area contributed by atoms with Crippen molar-refractivity contribution in [2.75, 3.05) is 23.9 Å². The van der Waals surface area contributed by atoms with Crippen molar-refractivity contribution in [1.82, 2.24) is 9.55 Å². The van der Waals surface area contributed by atoms with Gasteiger partial charge in [0.05, 0.1) is 24.6 Å². The number of methoxy groups -OCH3 is 1. The lowest BCUT2D eigenvalue weighted by Gasteiger charge is -2.16. The van der Waals surface area contributed by atoms with E-state index in [1.807, 2.05) is 83.4 Å². The highest BCUT2D eigenvalue weighted by atomic mass is 16.5. The third kappa shape index (κ3) is 4.05. The number of aromatic nitrogens is 2. The summed E-state index contributed by atoms with van der Waals surface area (Å²) in [5.41, 5.74) is 3.46. The van der Waals surface area contributed by atoms with Crippen LogP contribution < -0.4 is 15.0 Å². The van der Waals surface area contributed by atoms with Crippen molar-refractivity contribution in [1.29, 1.82) is 0 Å². The zero-order valence-electron chi connectivity index (χ0n) is 18.3. The van der Waals surface area contributed by atoms with Gasteiger partial charge in [-0.15, -0.1) is 0 Å². The lowest BCUT2D eigenvalue weighted by atomic mass is 10.1. The maximum absolute atomic E-state index is 13.4. The Morgan fingerprint density at radius 3 is 2.48 bits per heavy atom. The van der Waals surface area contributed by atoms with Crippen LogP contribution in [0.2, 0.25) is 0 Å². The molecule has 0 fully saturated rings. The van der Waals surface area contributed by atoms with E-state index in [9.17, 15) is 9.59 Å². The Kier molecular flexibility index (Phi) is 5.52. The average molecular weight is 441 g/mol. The SMILES string of the molecule is COc1ccc(CCN2C(=O)[C@H](CC(=O)Nc3ccccc3)n3c2nc2ccccc23)cc1. The maximum Gasteiger partial charge on any atom is 0.253 e. The van der Waals surface area contributed by atoms with Crippen LogP contribution in [0.5, 0.6) is 5.75 Å². The van der Waals surface area contributed by atoms with Gasteiger partial charge in [0.25, 0.3) is 5.91 Å². The molecule has 0 radical (unpaired) electrons. The zero-order valence-corrected chi connectivity index (χ0v) is 18.3. The average Bonchev–Trinajstić information content (AvgIpc) is 3.33. The Labute approximate surface area is 191 Å². The number of hydrogen-bond donors (Lipinski definition) is 1. The van der Waals surface area contributed by atoms with E-state index in [0.29, 0.717) is 24.6 Å². The molecule has 2 amide bonds. The summed E-state index contributed by atoms with van der Waals surface area (Å²) < 4.78 is 7.12. The molecule has 0 bridgehead atoms. The third-order valence-electron chi connectivity index (χ3n) is 5.90. The van der Waals surface area contributed by atoms with Gasteiger partial charge in [-0.25, -0.2) is 4.98 Å². The van der Waals surface area contributed by atoms with E-state index in [2.05, 4.69) is 5.32 Å². The van der Waals surface area contributed by atoms with Crippen molar-refractivity contribution < 1.29 is 14.3 Å². The van der Waals surface area contributed by atoms with Crippen LogP contribution in [-0.2, 0) is 16.0 Å². The van der Waals surface area contributed by atoms with Gasteiger partial charge in [0, 0.05) is 12.2 Å². The van der Waals surface area contributed by atoms with Crippen LogP contribution in [0.1, 0.15) is 18.0 Å². The van der Waals surface area contributed by atoms with Gasteiger partial charge in [0.2, 0.25) is 11.9 Å². The Morgan fingerprint density at radius 2 is 1.73 bits per heavy atom. The summed E-state index contributed by atoms with van der Waals surface area (Å²) >= 11 is 0. The normalized spacial score (nSPS) is 15.0. The van der Waals surface area contributed by atoms with Gasteiger partial charge in [-0.1, -0.05) is 42.5 Å². The molecule has 0 saturated heterocycles. The largest absolute Gasteiger partial charge is 0.497 e. The number of para-hydroxylation sites is 3. The first-order valence-corrected chi connectivity index (χ1v) is 10.9. The highest BCUT2D eigenvalue weighted by Gasteiger charge is 2.40. The van der Waals surface area contributed by atoms with Crippen LogP contribution in [0, 0.1) is 0 Å². The lowest BCUT2D eigenvalue weighted by Crippen LogP contribution is -2.33. The monoisotopic (exact) mass is 440 g/mol. The molecule has 4 aromatic rings. The van der Waals surface area contributed by atoms with Crippen molar-refractivity contribution >= 4 is 34.5 Å². The minimum Gasteiger partial charge on any atom is -0.497 e.